The summed E-state index contributed by atoms with van der Waals surface area (Å²) in [7, 11) is 0. The molecule has 1 amide bonds. The molecule has 2 atom stereocenters. The maximum atomic E-state index is 12.6. The van der Waals surface area contributed by atoms with Gasteiger partial charge in [-0.3, -0.25) is 9.59 Å². The molecule has 1 N–H and O–H groups in total. The molecule has 1 fully saturated rings. The highest BCUT2D eigenvalue weighted by Crippen LogP contribution is 2.29. The summed E-state index contributed by atoms with van der Waals surface area (Å²) in [5, 5.41) is 9.15. The Hall–Kier alpha value is -1.84. The van der Waals surface area contributed by atoms with Crippen LogP contribution in [0.15, 0.2) is 30.3 Å². The molecule has 0 radical (unpaired) electrons. The van der Waals surface area contributed by atoms with Crippen LogP contribution >= 0.6 is 0 Å². The number of benzene rings is 1. The van der Waals surface area contributed by atoms with E-state index in [4.69, 9.17) is 5.11 Å². The lowest BCUT2D eigenvalue weighted by Crippen LogP contribution is -2.42. The monoisotopic (exact) mass is 303 g/mol. The summed E-state index contributed by atoms with van der Waals surface area (Å²) >= 11 is 0. The largest absolute Gasteiger partial charge is 0.481 e. The van der Waals surface area contributed by atoms with Gasteiger partial charge < -0.3 is 10.0 Å². The van der Waals surface area contributed by atoms with Gasteiger partial charge in [0.15, 0.2) is 0 Å². The molecule has 2 unspecified atom stereocenters. The molecule has 1 aromatic rings. The smallest absolute Gasteiger partial charge is 0.308 e. The number of aliphatic carboxylic acids is 1. The van der Waals surface area contributed by atoms with Crippen molar-refractivity contribution >= 4 is 11.9 Å². The van der Waals surface area contributed by atoms with Crippen LogP contribution in [-0.4, -0.2) is 35.0 Å². The van der Waals surface area contributed by atoms with E-state index in [-0.39, 0.29) is 11.8 Å². The average molecular weight is 303 g/mol. The van der Waals surface area contributed by atoms with Crippen molar-refractivity contribution in [1.82, 2.24) is 4.90 Å². The summed E-state index contributed by atoms with van der Waals surface area (Å²) in [5.41, 5.74) is 1.18. The van der Waals surface area contributed by atoms with Gasteiger partial charge in [-0.2, -0.15) is 0 Å². The number of likely N-dealkylation sites (tertiary alicyclic amines) is 1. The van der Waals surface area contributed by atoms with Crippen molar-refractivity contribution < 1.29 is 14.7 Å². The van der Waals surface area contributed by atoms with Gasteiger partial charge in [0, 0.05) is 19.5 Å². The van der Waals surface area contributed by atoms with Crippen molar-refractivity contribution in [3.63, 3.8) is 0 Å². The van der Waals surface area contributed by atoms with Gasteiger partial charge in [-0.15, -0.1) is 0 Å². The van der Waals surface area contributed by atoms with Gasteiger partial charge >= 0.3 is 5.97 Å². The van der Waals surface area contributed by atoms with Gasteiger partial charge in [0.1, 0.15) is 0 Å². The van der Waals surface area contributed by atoms with Crippen molar-refractivity contribution in [3.05, 3.63) is 35.9 Å². The van der Waals surface area contributed by atoms with Crippen LogP contribution in [0.3, 0.4) is 0 Å². The zero-order valence-corrected chi connectivity index (χ0v) is 13.4. The van der Waals surface area contributed by atoms with Crippen molar-refractivity contribution in [2.24, 2.45) is 11.8 Å². The van der Waals surface area contributed by atoms with Gasteiger partial charge in [0.25, 0.3) is 0 Å². The third kappa shape index (κ3) is 4.09. The molecule has 0 spiro atoms. The minimum absolute atomic E-state index is 0.0773. The number of rotatable bonds is 5. The second-order valence-corrected chi connectivity index (χ2v) is 6.48. The number of amides is 1. The van der Waals surface area contributed by atoms with E-state index in [1.54, 1.807) is 4.90 Å². The summed E-state index contributed by atoms with van der Waals surface area (Å²) in [4.78, 5) is 25.5. The van der Waals surface area contributed by atoms with Crippen LogP contribution in [0.2, 0.25) is 0 Å². The summed E-state index contributed by atoms with van der Waals surface area (Å²) < 4.78 is 0. The molecule has 1 saturated heterocycles. The molecule has 1 aliphatic rings. The molecule has 120 valence electrons. The number of piperidine rings is 1. The quantitative estimate of drug-likeness (QED) is 0.909. The Labute approximate surface area is 132 Å². The fraction of sp³-hybridized carbons (Fsp3) is 0.556. The molecule has 2 rings (SSSR count). The minimum atomic E-state index is -0.791. The molecule has 0 aliphatic carbocycles. The Kier molecular flexibility index (Phi) is 5.58. The van der Waals surface area contributed by atoms with Crippen LogP contribution in [0.1, 0.15) is 44.6 Å². The summed E-state index contributed by atoms with van der Waals surface area (Å²) in [6.45, 7) is 5.29. The van der Waals surface area contributed by atoms with Gasteiger partial charge in [-0.25, -0.2) is 0 Å². The lowest BCUT2D eigenvalue weighted by atomic mass is 9.85. The average Bonchev–Trinajstić information content (AvgIpc) is 2.53. The van der Waals surface area contributed by atoms with E-state index in [1.165, 1.54) is 5.56 Å². The summed E-state index contributed by atoms with van der Waals surface area (Å²) in [6, 6.07) is 10.1. The lowest BCUT2D eigenvalue weighted by Gasteiger charge is -2.32. The molecule has 1 aliphatic heterocycles. The number of hydrogen-bond acceptors (Lipinski definition) is 2. The van der Waals surface area contributed by atoms with Crippen LogP contribution in [0.5, 0.6) is 0 Å². The molecule has 0 aromatic heterocycles. The maximum absolute atomic E-state index is 12.6. The van der Waals surface area contributed by atoms with E-state index in [2.05, 4.69) is 26.0 Å². The van der Waals surface area contributed by atoms with Gasteiger partial charge in [0.2, 0.25) is 5.91 Å². The second kappa shape index (κ2) is 7.43. The van der Waals surface area contributed by atoms with E-state index in [9.17, 15) is 9.59 Å². The van der Waals surface area contributed by atoms with E-state index in [0.717, 1.165) is 6.42 Å². The topological polar surface area (TPSA) is 57.6 Å². The van der Waals surface area contributed by atoms with Gasteiger partial charge in [0.05, 0.1) is 5.92 Å². The molecule has 22 heavy (non-hydrogen) atoms. The maximum Gasteiger partial charge on any atom is 0.308 e. The molecule has 1 aromatic carbocycles. The Morgan fingerprint density at radius 2 is 1.95 bits per heavy atom. The van der Waals surface area contributed by atoms with Crippen molar-refractivity contribution in [3.8, 4) is 0 Å². The number of nitrogens with zero attached hydrogens (tertiary/aromatic N) is 1. The predicted octanol–water partition coefficient (Wildman–Crippen LogP) is 3.14. The van der Waals surface area contributed by atoms with Gasteiger partial charge in [-0.1, -0.05) is 44.2 Å². The van der Waals surface area contributed by atoms with Crippen LogP contribution in [0.25, 0.3) is 0 Å². The number of carboxylic acid groups (broad SMARTS) is 1. The number of carbonyl (C=O) groups excluding carboxylic acids is 1. The van der Waals surface area contributed by atoms with E-state index >= 15 is 0 Å². The molecule has 1 heterocycles. The predicted molar refractivity (Wildman–Crippen MR) is 85.6 cm³/mol. The minimum Gasteiger partial charge on any atom is -0.481 e. The molecule has 0 saturated carbocycles. The van der Waals surface area contributed by atoms with E-state index < -0.39 is 11.9 Å². The normalized spacial score (nSPS) is 20.0. The SMILES string of the molecule is CC(C)C(CC(=O)N1CCCC(C(=O)O)C1)c1ccccc1. The van der Waals surface area contributed by atoms with Crippen molar-refractivity contribution in [1.29, 1.82) is 0 Å². The molecular formula is C18H25NO3. The lowest BCUT2D eigenvalue weighted by molar-refractivity contribution is -0.145. The van der Waals surface area contributed by atoms with E-state index in [1.807, 2.05) is 18.2 Å². The number of carboxylic acids is 1. The van der Waals surface area contributed by atoms with Crippen LogP contribution < -0.4 is 0 Å². The Morgan fingerprint density at radius 1 is 1.27 bits per heavy atom. The summed E-state index contributed by atoms with van der Waals surface area (Å²) in [6.07, 6.45) is 1.90. The molecular weight excluding hydrogens is 278 g/mol. The van der Waals surface area contributed by atoms with E-state index in [0.29, 0.717) is 31.8 Å². The zero-order chi connectivity index (χ0) is 16.1. The van der Waals surface area contributed by atoms with Crippen LogP contribution in [0, 0.1) is 11.8 Å². The number of hydrogen-bond donors (Lipinski definition) is 1. The first-order valence-corrected chi connectivity index (χ1v) is 8.04. The Bertz CT molecular complexity index is 512. The molecule has 0 bridgehead atoms. The Balaban J connectivity index is 2.04. The number of carbonyl (C=O) groups is 2. The van der Waals surface area contributed by atoms with Crippen LogP contribution in [0.4, 0.5) is 0 Å². The molecule has 4 nitrogen and oxygen atoms in total. The van der Waals surface area contributed by atoms with Crippen LogP contribution in [-0.2, 0) is 9.59 Å². The van der Waals surface area contributed by atoms with Crippen molar-refractivity contribution in [2.45, 2.75) is 39.0 Å². The highest BCUT2D eigenvalue weighted by Gasteiger charge is 2.30. The third-order valence-corrected chi connectivity index (χ3v) is 4.55. The Morgan fingerprint density at radius 3 is 2.55 bits per heavy atom. The fourth-order valence-electron chi connectivity index (χ4n) is 3.16. The van der Waals surface area contributed by atoms with Crippen molar-refractivity contribution in [2.75, 3.05) is 13.1 Å². The first-order valence-electron chi connectivity index (χ1n) is 8.04. The second-order valence-electron chi connectivity index (χ2n) is 6.48. The first-order chi connectivity index (χ1) is 10.5. The first kappa shape index (κ1) is 16.5. The zero-order valence-electron chi connectivity index (χ0n) is 13.4. The highest BCUT2D eigenvalue weighted by atomic mass is 16.4. The fourth-order valence-corrected chi connectivity index (χ4v) is 3.16. The van der Waals surface area contributed by atoms with Gasteiger partial charge in [-0.05, 0) is 30.2 Å². The summed E-state index contributed by atoms with van der Waals surface area (Å²) in [5.74, 6) is -0.577. The highest BCUT2D eigenvalue weighted by molar-refractivity contribution is 5.78. The third-order valence-electron chi connectivity index (χ3n) is 4.55. The standard InChI is InChI=1S/C18H25NO3/c1-13(2)16(14-7-4-3-5-8-14)11-17(20)19-10-6-9-15(12-19)18(21)22/h3-5,7-8,13,15-16H,6,9-12H2,1-2H3,(H,21,22). The molecule has 4 heteroatoms.